The normalized spacial score (nSPS) is 14.7. The molecule has 1 amide bonds. The van der Waals surface area contributed by atoms with E-state index in [1.807, 2.05) is 0 Å². The van der Waals surface area contributed by atoms with E-state index in [9.17, 15) is 9.59 Å². The van der Waals surface area contributed by atoms with Gasteiger partial charge >= 0.3 is 5.97 Å². The summed E-state index contributed by atoms with van der Waals surface area (Å²) in [5, 5.41) is 11.8. The topological polar surface area (TPSA) is 84.9 Å². The minimum absolute atomic E-state index is 0.0970. The molecule has 0 atom stereocenters. The van der Waals surface area contributed by atoms with E-state index < -0.39 is 5.97 Å². The van der Waals surface area contributed by atoms with Gasteiger partial charge in [-0.05, 0) is 37.0 Å². The molecule has 1 aliphatic rings. The van der Waals surface area contributed by atoms with Gasteiger partial charge in [-0.2, -0.15) is 0 Å². The Morgan fingerprint density at radius 3 is 2.70 bits per heavy atom. The van der Waals surface area contributed by atoms with E-state index in [0.29, 0.717) is 18.7 Å². The molecule has 0 saturated heterocycles. The van der Waals surface area contributed by atoms with Crippen LogP contribution in [0.3, 0.4) is 0 Å². The number of benzene rings is 1. The van der Waals surface area contributed by atoms with Crippen molar-refractivity contribution in [3.05, 3.63) is 29.3 Å². The van der Waals surface area contributed by atoms with Gasteiger partial charge in [0.15, 0.2) is 0 Å². The molecule has 0 heterocycles. The number of ether oxygens (including phenoxy) is 2. The van der Waals surface area contributed by atoms with Crippen LogP contribution in [-0.4, -0.2) is 43.3 Å². The summed E-state index contributed by atoms with van der Waals surface area (Å²) < 4.78 is 10.8. The van der Waals surface area contributed by atoms with Crippen molar-refractivity contribution in [3.63, 3.8) is 0 Å². The van der Waals surface area contributed by atoms with Crippen molar-refractivity contribution in [2.75, 3.05) is 20.3 Å². The highest BCUT2D eigenvalue weighted by Crippen LogP contribution is 2.21. The van der Waals surface area contributed by atoms with Gasteiger partial charge in [0.25, 0.3) is 0 Å². The number of hydrogen-bond donors (Lipinski definition) is 2. The third-order valence-corrected chi connectivity index (χ3v) is 4.00. The zero-order valence-electron chi connectivity index (χ0n) is 13.3. The average molecular weight is 321 g/mol. The average Bonchev–Trinajstić information content (AvgIpc) is 3.06. The molecule has 126 valence electrons. The van der Waals surface area contributed by atoms with Crippen LogP contribution in [0.2, 0.25) is 0 Å². The molecule has 1 fully saturated rings. The summed E-state index contributed by atoms with van der Waals surface area (Å²) in [5.74, 6) is -0.605. The second-order valence-electron chi connectivity index (χ2n) is 5.65. The second-order valence-corrected chi connectivity index (χ2v) is 5.65. The molecule has 2 rings (SSSR count). The number of aromatic carboxylic acids is 1. The van der Waals surface area contributed by atoms with Crippen molar-refractivity contribution >= 4 is 11.9 Å². The van der Waals surface area contributed by atoms with Crippen LogP contribution in [0.1, 0.15) is 41.6 Å². The van der Waals surface area contributed by atoms with Crippen LogP contribution in [0.25, 0.3) is 0 Å². The Morgan fingerprint density at radius 2 is 2.04 bits per heavy atom. The first-order valence-corrected chi connectivity index (χ1v) is 7.88. The quantitative estimate of drug-likeness (QED) is 0.765. The summed E-state index contributed by atoms with van der Waals surface area (Å²) >= 11 is 0. The molecule has 2 N–H and O–H groups in total. The Kier molecular flexibility index (Phi) is 6.40. The van der Waals surface area contributed by atoms with Crippen LogP contribution < -0.4 is 10.1 Å². The van der Waals surface area contributed by atoms with Crippen LogP contribution in [-0.2, 0) is 16.0 Å². The minimum Gasteiger partial charge on any atom is -0.496 e. The Morgan fingerprint density at radius 1 is 1.30 bits per heavy atom. The Balaban J connectivity index is 1.76. The van der Waals surface area contributed by atoms with Crippen LogP contribution >= 0.6 is 0 Å². The molecule has 0 radical (unpaired) electrons. The Bertz CT molecular complexity index is 552. The Labute approximate surface area is 135 Å². The SMILES string of the molecule is COc1cc(C(=O)O)ccc1CCNC(=O)COC1CCCC1. The van der Waals surface area contributed by atoms with Gasteiger partial charge in [-0.3, -0.25) is 4.79 Å². The number of methoxy groups -OCH3 is 1. The lowest BCUT2D eigenvalue weighted by Gasteiger charge is -2.12. The fourth-order valence-corrected chi connectivity index (χ4v) is 2.72. The number of rotatable bonds is 8. The maximum absolute atomic E-state index is 11.7. The molecular formula is C17H23NO5. The highest BCUT2D eigenvalue weighted by Gasteiger charge is 2.16. The number of nitrogens with one attached hydrogen (secondary N) is 1. The van der Waals surface area contributed by atoms with E-state index in [2.05, 4.69) is 5.32 Å². The smallest absolute Gasteiger partial charge is 0.335 e. The lowest BCUT2D eigenvalue weighted by Crippen LogP contribution is -2.31. The van der Waals surface area contributed by atoms with Gasteiger partial charge in [0.1, 0.15) is 12.4 Å². The third-order valence-electron chi connectivity index (χ3n) is 4.00. The number of carboxylic acid groups (broad SMARTS) is 1. The first-order valence-electron chi connectivity index (χ1n) is 7.88. The summed E-state index contributed by atoms with van der Waals surface area (Å²) in [6.45, 7) is 0.551. The molecule has 1 aliphatic carbocycles. The lowest BCUT2D eigenvalue weighted by atomic mass is 10.1. The summed E-state index contributed by atoms with van der Waals surface area (Å²) in [5.41, 5.74) is 1.04. The number of carbonyl (C=O) groups excluding carboxylic acids is 1. The van der Waals surface area contributed by atoms with E-state index in [1.54, 1.807) is 6.07 Å². The summed E-state index contributed by atoms with van der Waals surface area (Å²) in [6.07, 6.45) is 5.24. The van der Waals surface area contributed by atoms with E-state index in [4.69, 9.17) is 14.6 Å². The molecule has 23 heavy (non-hydrogen) atoms. The number of carboxylic acids is 1. The van der Waals surface area contributed by atoms with Crippen molar-refractivity contribution < 1.29 is 24.2 Å². The minimum atomic E-state index is -0.993. The molecule has 0 aliphatic heterocycles. The largest absolute Gasteiger partial charge is 0.496 e. The molecule has 6 heteroatoms. The number of amides is 1. The van der Waals surface area contributed by atoms with Crippen LogP contribution in [0, 0.1) is 0 Å². The van der Waals surface area contributed by atoms with Crippen molar-refractivity contribution in [2.45, 2.75) is 38.2 Å². The first kappa shape index (κ1) is 17.3. The standard InChI is InChI=1S/C17H23NO5/c1-22-15-10-13(17(20)21)7-6-12(15)8-9-18-16(19)11-23-14-4-2-3-5-14/h6-7,10,14H,2-5,8-9,11H2,1H3,(H,18,19)(H,20,21). The fourth-order valence-electron chi connectivity index (χ4n) is 2.72. The summed E-state index contributed by atoms with van der Waals surface area (Å²) in [7, 11) is 1.50. The van der Waals surface area contributed by atoms with E-state index >= 15 is 0 Å². The maximum Gasteiger partial charge on any atom is 0.335 e. The van der Waals surface area contributed by atoms with Gasteiger partial charge in [0.2, 0.25) is 5.91 Å². The van der Waals surface area contributed by atoms with Crippen LogP contribution in [0.4, 0.5) is 0 Å². The van der Waals surface area contributed by atoms with Crippen LogP contribution in [0.5, 0.6) is 5.75 Å². The fraction of sp³-hybridized carbons (Fsp3) is 0.529. The number of carbonyl (C=O) groups is 2. The molecule has 6 nitrogen and oxygen atoms in total. The molecule has 1 saturated carbocycles. The van der Waals surface area contributed by atoms with E-state index in [0.717, 1.165) is 18.4 Å². The van der Waals surface area contributed by atoms with Crippen LogP contribution in [0.15, 0.2) is 18.2 Å². The first-order chi connectivity index (χ1) is 11.1. The van der Waals surface area contributed by atoms with Crippen molar-refractivity contribution in [3.8, 4) is 5.75 Å². The summed E-state index contributed by atoms with van der Waals surface area (Å²) in [4.78, 5) is 22.7. The lowest BCUT2D eigenvalue weighted by molar-refractivity contribution is -0.127. The highest BCUT2D eigenvalue weighted by atomic mass is 16.5. The van der Waals surface area contributed by atoms with Gasteiger partial charge < -0.3 is 19.9 Å². The molecular weight excluding hydrogens is 298 g/mol. The maximum atomic E-state index is 11.7. The van der Waals surface area contributed by atoms with Crippen molar-refractivity contribution in [2.24, 2.45) is 0 Å². The van der Waals surface area contributed by atoms with Gasteiger partial charge in [0, 0.05) is 6.54 Å². The molecule has 1 aromatic rings. The zero-order chi connectivity index (χ0) is 16.7. The van der Waals surface area contributed by atoms with Crippen molar-refractivity contribution in [1.29, 1.82) is 0 Å². The zero-order valence-corrected chi connectivity index (χ0v) is 13.3. The van der Waals surface area contributed by atoms with Gasteiger partial charge in [-0.25, -0.2) is 4.79 Å². The van der Waals surface area contributed by atoms with Gasteiger partial charge in [-0.1, -0.05) is 18.9 Å². The third kappa shape index (κ3) is 5.25. The predicted octanol–water partition coefficient (Wildman–Crippen LogP) is 2.01. The van der Waals surface area contributed by atoms with Gasteiger partial charge in [-0.15, -0.1) is 0 Å². The Hall–Kier alpha value is -2.08. The highest BCUT2D eigenvalue weighted by molar-refractivity contribution is 5.88. The predicted molar refractivity (Wildman–Crippen MR) is 84.9 cm³/mol. The molecule has 0 aromatic heterocycles. The van der Waals surface area contributed by atoms with Crippen molar-refractivity contribution in [1.82, 2.24) is 5.32 Å². The molecule has 0 bridgehead atoms. The molecule has 0 unspecified atom stereocenters. The van der Waals surface area contributed by atoms with E-state index in [-0.39, 0.29) is 24.2 Å². The summed E-state index contributed by atoms with van der Waals surface area (Å²) in [6, 6.07) is 4.73. The van der Waals surface area contributed by atoms with Gasteiger partial charge in [0.05, 0.1) is 18.8 Å². The molecule has 0 spiro atoms. The van der Waals surface area contributed by atoms with E-state index in [1.165, 1.54) is 32.1 Å². The monoisotopic (exact) mass is 321 g/mol. The molecule has 1 aromatic carbocycles. The second kappa shape index (κ2) is 8.53. The number of hydrogen-bond acceptors (Lipinski definition) is 4.